The van der Waals surface area contributed by atoms with E-state index >= 15 is 0 Å². The quantitative estimate of drug-likeness (QED) is 0.130. The van der Waals surface area contributed by atoms with E-state index in [1.54, 1.807) is 11.6 Å². The van der Waals surface area contributed by atoms with E-state index in [1.165, 1.54) is 18.0 Å². The Hall–Kier alpha value is -4.75. The first-order valence-corrected chi connectivity index (χ1v) is 13.7. The Balaban J connectivity index is 1.46. The molecule has 0 unspecified atom stereocenters. The highest BCUT2D eigenvalue weighted by Gasteiger charge is 2.21. The minimum atomic E-state index is -0.501. The van der Waals surface area contributed by atoms with Crippen LogP contribution in [0.25, 0.3) is 16.7 Å². The highest BCUT2D eigenvalue weighted by molar-refractivity contribution is 7.99. The van der Waals surface area contributed by atoms with Gasteiger partial charge in [-0.15, -0.1) is 11.8 Å². The standard InChI is InChI=1S/C30H28N6O3S/c1-4-39-30(38)24-15-32-35(16-21-11-9-19(2)10-12-21)28(24)33-22(17-37)18-40-27-13-20(3)23(14-31)29-34-25-7-5-6-8-26(25)36(27)29/h5-13,15,17,33,37H,4,16,18H2,1-3H3/b22-17-. The van der Waals surface area contributed by atoms with Crippen molar-refractivity contribution in [1.82, 2.24) is 19.2 Å². The van der Waals surface area contributed by atoms with Crippen LogP contribution in [-0.2, 0) is 11.3 Å². The molecular formula is C30H28N6O3S. The average molecular weight is 553 g/mol. The average Bonchev–Trinajstić information content (AvgIpc) is 3.53. The fourth-order valence-corrected chi connectivity index (χ4v) is 5.45. The lowest BCUT2D eigenvalue weighted by Gasteiger charge is -2.15. The Morgan fingerprint density at radius 3 is 2.70 bits per heavy atom. The van der Waals surface area contributed by atoms with Gasteiger partial charge in [-0.25, -0.2) is 14.5 Å². The molecule has 0 fully saturated rings. The lowest BCUT2D eigenvalue weighted by Crippen LogP contribution is -2.14. The van der Waals surface area contributed by atoms with Crippen LogP contribution < -0.4 is 5.32 Å². The number of aryl methyl sites for hydroxylation is 2. The molecule has 202 valence electrons. The number of fused-ring (bicyclic) bond motifs is 3. The van der Waals surface area contributed by atoms with Gasteiger partial charge in [-0.05, 0) is 50.1 Å². The van der Waals surface area contributed by atoms with Crippen LogP contribution in [0.4, 0.5) is 5.82 Å². The highest BCUT2D eigenvalue weighted by Crippen LogP contribution is 2.31. The summed E-state index contributed by atoms with van der Waals surface area (Å²) >= 11 is 1.47. The van der Waals surface area contributed by atoms with E-state index in [1.807, 2.05) is 72.8 Å². The molecule has 3 aromatic heterocycles. The smallest absolute Gasteiger partial charge is 0.343 e. The molecule has 0 amide bonds. The summed E-state index contributed by atoms with van der Waals surface area (Å²) in [6, 6.07) is 20.0. The van der Waals surface area contributed by atoms with Crippen LogP contribution in [0.3, 0.4) is 0 Å². The number of imidazole rings is 1. The molecule has 0 spiro atoms. The van der Waals surface area contributed by atoms with Gasteiger partial charge in [0, 0.05) is 5.75 Å². The summed E-state index contributed by atoms with van der Waals surface area (Å²) in [5.74, 6) is 0.259. The number of aliphatic hydroxyl groups excluding tert-OH is 1. The number of ether oxygens (including phenoxy) is 1. The number of aromatic nitrogens is 4. The second kappa shape index (κ2) is 11.6. The SMILES string of the molecule is CCOC(=O)c1cnn(Cc2ccc(C)cc2)c1N/C(=C\O)CSc1cc(C)c(C#N)c2nc3ccccc3n12. The van der Waals surface area contributed by atoms with Gasteiger partial charge in [0.1, 0.15) is 17.5 Å². The van der Waals surface area contributed by atoms with Gasteiger partial charge in [-0.1, -0.05) is 42.0 Å². The Kier molecular flexibility index (Phi) is 7.75. The second-order valence-corrected chi connectivity index (χ2v) is 10.2. The minimum Gasteiger partial charge on any atom is -0.514 e. The normalized spacial score (nSPS) is 11.6. The molecular weight excluding hydrogens is 524 g/mol. The van der Waals surface area contributed by atoms with Crippen molar-refractivity contribution in [2.75, 3.05) is 17.7 Å². The zero-order valence-electron chi connectivity index (χ0n) is 22.4. The molecule has 0 aliphatic heterocycles. The molecule has 0 bridgehead atoms. The number of thioether (sulfide) groups is 1. The van der Waals surface area contributed by atoms with Crippen LogP contribution in [0.1, 0.15) is 39.5 Å². The Morgan fingerprint density at radius 1 is 1.20 bits per heavy atom. The van der Waals surface area contributed by atoms with Gasteiger partial charge < -0.3 is 15.2 Å². The number of nitrogens with zero attached hydrogens (tertiary/aromatic N) is 5. The Bertz CT molecular complexity index is 1780. The van der Waals surface area contributed by atoms with Crippen molar-refractivity contribution in [3.63, 3.8) is 0 Å². The number of esters is 1. The van der Waals surface area contributed by atoms with Crippen molar-refractivity contribution in [2.24, 2.45) is 0 Å². The summed E-state index contributed by atoms with van der Waals surface area (Å²) in [5.41, 5.74) is 6.51. The predicted octanol–water partition coefficient (Wildman–Crippen LogP) is 6.00. The summed E-state index contributed by atoms with van der Waals surface area (Å²) in [5, 5.41) is 28.5. The third-order valence-electron chi connectivity index (χ3n) is 6.45. The molecule has 0 aliphatic rings. The molecule has 0 saturated carbocycles. The van der Waals surface area contributed by atoms with Crippen LogP contribution in [-0.4, -0.2) is 42.6 Å². The maximum absolute atomic E-state index is 12.7. The fourth-order valence-electron chi connectivity index (χ4n) is 4.43. The van der Waals surface area contributed by atoms with E-state index in [2.05, 4.69) is 16.5 Å². The number of hydrogen-bond acceptors (Lipinski definition) is 8. The van der Waals surface area contributed by atoms with Gasteiger partial charge in [-0.2, -0.15) is 10.4 Å². The Morgan fingerprint density at radius 2 is 1.98 bits per heavy atom. The molecule has 5 aromatic rings. The van der Waals surface area contributed by atoms with Crippen molar-refractivity contribution in [3.8, 4) is 6.07 Å². The molecule has 2 N–H and O–H groups in total. The molecule has 5 rings (SSSR count). The largest absolute Gasteiger partial charge is 0.514 e. The summed E-state index contributed by atoms with van der Waals surface area (Å²) < 4.78 is 8.90. The van der Waals surface area contributed by atoms with Gasteiger partial charge in [-0.3, -0.25) is 4.40 Å². The molecule has 10 heteroatoms. The number of pyridine rings is 1. The van der Waals surface area contributed by atoms with Gasteiger partial charge >= 0.3 is 5.97 Å². The zero-order chi connectivity index (χ0) is 28.2. The fraction of sp³-hybridized carbons (Fsp3) is 0.200. The molecule has 2 aromatic carbocycles. The first-order chi connectivity index (χ1) is 19.4. The van der Waals surface area contributed by atoms with Gasteiger partial charge in [0.2, 0.25) is 0 Å². The molecule has 3 heterocycles. The van der Waals surface area contributed by atoms with E-state index < -0.39 is 5.97 Å². The minimum absolute atomic E-state index is 0.229. The van der Waals surface area contributed by atoms with Crippen molar-refractivity contribution >= 4 is 40.2 Å². The molecule has 0 aliphatic carbocycles. The summed E-state index contributed by atoms with van der Waals surface area (Å²) in [4.78, 5) is 17.4. The molecule has 0 atom stereocenters. The Labute approximate surface area is 235 Å². The molecule has 0 radical (unpaired) electrons. The number of benzene rings is 2. The van der Waals surface area contributed by atoms with E-state index in [9.17, 15) is 15.2 Å². The van der Waals surface area contributed by atoms with Crippen molar-refractivity contribution < 1.29 is 14.6 Å². The maximum atomic E-state index is 12.7. The third-order valence-corrected chi connectivity index (χ3v) is 7.50. The predicted molar refractivity (Wildman–Crippen MR) is 156 cm³/mol. The van der Waals surface area contributed by atoms with Gasteiger partial charge in [0.05, 0.1) is 52.9 Å². The molecule has 0 saturated heterocycles. The number of hydrogen-bond donors (Lipinski definition) is 2. The number of aliphatic hydroxyl groups is 1. The lowest BCUT2D eigenvalue weighted by molar-refractivity contribution is 0.0527. The van der Waals surface area contributed by atoms with E-state index in [0.717, 1.165) is 39.0 Å². The maximum Gasteiger partial charge on any atom is 0.343 e. The molecule has 40 heavy (non-hydrogen) atoms. The highest BCUT2D eigenvalue weighted by atomic mass is 32.2. The van der Waals surface area contributed by atoms with Crippen molar-refractivity contribution in [3.05, 3.63) is 101 Å². The number of nitriles is 1. The summed E-state index contributed by atoms with van der Waals surface area (Å²) in [7, 11) is 0. The van der Waals surface area contributed by atoms with Crippen molar-refractivity contribution in [2.45, 2.75) is 32.3 Å². The first-order valence-electron chi connectivity index (χ1n) is 12.8. The number of para-hydroxylation sites is 2. The number of nitrogens with one attached hydrogen (secondary N) is 1. The van der Waals surface area contributed by atoms with Crippen LogP contribution in [0.15, 0.2) is 77.8 Å². The van der Waals surface area contributed by atoms with Crippen molar-refractivity contribution in [1.29, 1.82) is 5.26 Å². The number of rotatable bonds is 9. The monoisotopic (exact) mass is 552 g/mol. The second-order valence-electron chi connectivity index (χ2n) is 9.25. The van der Waals surface area contributed by atoms with Crippen LogP contribution >= 0.6 is 11.8 Å². The summed E-state index contributed by atoms with van der Waals surface area (Å²) in [6.07, 6.45) is 2.46. The number of carbonyl (C=O) groups is 1. The molecule has 9 nitrogen and oxygen atoms in total. The third kappa shape index (κ3) is 5.24. The van der Waals surface area contributed by atoms with E-state index in [-0.39, 0.29) is 12.2 Å². The van der Waals surface area contributed by atoms with Gasteiger partial charge in [0.25, 0.3) is 0 Å². The zero-order valence-corrected chi connectivity index (χ0v) is 23.2. The summed E-state index contributed by atoms with van der Waals surface area (Å²) in [6.45, 7) is 6.31. The topological polar surface area (TPSA) is 117 Å². The van der Waals surface area contributed by atoms with Crippen LogP contribution in [0, 0.1) is 25.2 Å². The van der Waals surface area contributed by atoms with Crippen LogP contribution in [0.2, 0.25) is 0 Å². The number of anilines is 1. The van der Waals surface area contributed by atoms with E-state index in [4.69, 9.17) is 9.72 Å². The van der Waals surface area contributed by atoms with Gasteiger partial charge in [0.15, 0.2) is 5.65 Å². The van der Waals surface area contributed by atoms with E-state index in [0.29, 0.717) is 35.0 Å². The first kappa shape index (κ1) is 26.8. The number of carbonyl (C=O) groups excluding carboxylic acids is 1. The van der Waals surface area contributed by atoms with Crippen LogP contribution in [0.5, 0.6) is 0 Å². The lowest BCUT2D eigenvalue weighted by atomic mass is 10.1.